The summed E-state index contributed by atoms with van der Waals surface area (Å²) in [6.07, 6.45) is 1.97. The number of hydrogen-bond acceptors (Lipinski definition) is 3. The van der Waals surface area contributed by atoms with Crippen molar-refractivity contribution in [1.29, 1.82) is 0 Å². The number of aromatic carboxylic acids is 1. The molecule has 0 unspecified atom stereocenters. The van der Waals surface area contributed by atoms with Gasteiger partial charge in [0.25, 0.3) is 5.91 Å². The first-order valence-corrected chi connectivity index (χ1v) is 7.37. The summed E-state index contributed by atoms with van der Waals surface area (Å²) >= 11 is 1.65. The molecule has 1 N–H and O–H groups in total. The van der Waals surface area contributed by atoms with E-state index in [0.717, 1.165) is 5.75 Å². The monoisotopic (exact) mass is 281 g/mol. The van der Waals surface area contributed by atoms with Crippen molar-refractivity contribution in [2.45, 2.75) is 13.8 Å². The highest BCUT2D eigenvalue weighted by atomic mass is 32.2. The molecule has 0 saturated carbocycles. The number of rotatable bonds is 5. The average Bonchev–Trinajstić information content (AvgIpc) is 2.36. The quantitative estimate of drug-likeness (QED) is 0.900. The van der Waals surface area contributed by atoms with Gasteiger partial charge in [0.05, 0.1) is 11.1 Å². The molecule has 0 spiro atoms. The second kappa shape index (κ2) is 6.61. The first-order valence-electron chi connectivity index (χ1n) is 5.98. The van der Waals surface area contributed by atoms with Crippen molar-refractivity contribution in [3.05, 3.63) is 34.4 Å². The molecule has 1 aromatic rings. The highest BCUT2D eigenvalue weighted by Crippen LogP contribution is 2.20. The molecule has 0 aromatic heterocycles. The minimum absolute atomic E-state index is 0.112. The number of thioether (sulfide) groups is 1. The van der Waals surface area contributed by atoms with E-state index >= 15 is 0 Å². The van der Waals surface area contributed by atoms with Crippen LogP contribution in [0, 0.1) is 13.8 Å². The summed E-state index contributed by atoms with van der Waals surface area (Å²) in [4.78, 5) is 25.3. The van der Waals surface area contributed by atoms with Crippen molar-refractivity contribution < 1.29 is 14.7 Å². The van der Waals surface area contributed by atoms with Gasteiger partial charge in [0.15, 0.2) is 0 Å². The summed E-state index contributed by atoms with van der Waals surface area (Å²) < 4.78 is 0. The van der Waals surface area contributed by atoms with Crippen LogP contribution >= 0.6 is 11.8 Å². The third kappa shape index (κ3) is 3.50. The zero-order valence-corrected chi connectivity index (χ0v) is 12.5. The van der Waals surface area contributed by atoms with Gasteiger partial charge in [-0.3, -0.25) is 4.79 Å². The van der Waals surface area contributed by atoms with Gasteiger partial charge in [-0.2, -0.15) is 11.8 Å². The van der Waals surface area contributed by atoms with E-state index in [1.807, 2.05) is 6.26 Å². The fraction of sp³-hybridized carbons (Fsp3) is 0.429. The molecule has 0 aliphatic rings. The topological polar surface area (TPSA) is 57.6 Å². The van der Waals surface area contributed by atoms with E-state index in [2.05, 4.69) is 0 Å². The Morgan fingerprint density at radius 2 is 1.74 bits per heavy atom. The second-order valence-corrected chi connectivity index (χ2v) is 5.46. The maximum Gasteiger partial charge on any atom is 0.336 e. The van der Waals surface area contributed by atoms with Crippen molar-refractivity contribution in [2.75, 3.05) is 25.6 Å². The minimum atomic E-state index is -1.05. The summed E-state index contributed by atoms with van der Waals surface area (Å²) in [5, 5.41) is 9.30. The van der Waals surface area contributed by atoms with Crippen molar-refractivity contribution in [3.8, 4) is 0 Å². The van der Waals surface area contributed by atoms with Gasteiger partial charge in [-0.1, -0.05) is 12.1 Å². The molecule has 0 aliphatic carbocycles. The van der Waals surface area contributed by atoms with Gasteiger partial charge in [0.1, 0.15) is 0 Å². The first-order chi connectivity index (χ1) is 8.90. The average molecular weight is 281 g/mol. The predicted molar refractivity (Wildman–Crippen MR) is 78.2 cm³/mol. The Morgan fingerprint density at radius 3 is 2.21 bits per heavy atom. The van der Waals surface area contributed by atoms with Gasteiger partial charge in [0.2, 0.25) is 0 Å². The highest BCUT2D eigenvalue weighted by Gasteiger charge is 2.23. The summed E-state index contributed by atoms with van der Waals surface area (Å²) in [7, 11) is 1.70. The second-order valence-electron chi connectivity index (χ2n) is 4.47. The molecule has 1 aromatic carbocycles. The Hall–Kier alpha value is -1.49. The van der Waals surface area contributed by atoms with E-state index in [0.29, 0.717) is 23.2 Å². The summed E-state index contributed by atoms with van der Waals surface area (Å²) in [6.45, 7) is 4.08. The molecule has 4 nitrogen and oxygen atoms in total. The predicted octanol–water partition coefficient (Wildman–Crippen LogP) is 2.44. The number of nitrogens with zero attached hydrogens (tertiary/aromatic N) is 1. The van der Waals surface area contributed by atoms with Gasteiger partial charge < -0.3 is 10.0 Å². The fourth-order valence-electron chi connectivity index (χ4n) is 1.88. The summed E-state index contributed by atoms with van der Waals surface area (Å²) in [5.74, 6) is -0.453. The van der Waals surface area contributed by atoms with Crippen molar-refractivity contribution >= 4 is 23.6 Å². The molecule has 0 bridgehead atoms. The number of hydrogen-bond donors (Lipinski definition) is 1. The molecule has 19 heavy (non-hydrogen) atoms. The number of carboxylic acid groups (broad SMARTS) is 1. The third-order valence-electron chi connectivity index (χ3n) is 3.03. The lowest BCUT2D eigenvalue weighted by atomic mass is 9.96. The number of benzene rings is 1. The lowest BCUT2D eigenvalue weighted by molar-refractivity contribution is 0.0681. The number of carbonyl (C=O) groups excluding carboxylic acids is 1. The smallest absolute Gasteiger partial charge is 0.336 e. The molecule has 5 heteroatoms. The van der Waals surface area contributed by atoms with E-state index in [-0.39, 0.29) is 11.5 Å². The van der Waals surface area contributed by atoms with Gasteiger partial charge >= 0.3 is 5.97 Å². The van der Waals surface area contributed by atoms with Crippen LogP contribution in [0.5, 0.6) is 0 Å². The van der Waals surface area contributed by atoms with Gasteiger partial charge in [-0.15, -0.1) is 0 Å². The van der Waals surface area contributed by atoms with Crippen LogP contribution in [-0.4, -0.2) is 47.5 Å². The van der Waals surface area contributed by atoms with Crippen molar-refractivity contribution in [3.63, 3.8) is 0 Å². The lowest BCUT2D eigenvalue weighted by Crippen LogP contribution is -2.31. The zero-order valence-electron chi connectivity index (χ0n) is 11.7. The molecule has 0 aliphatic heterocycles. The van der Waals surface area contributed by atoms with E-state index in [9.17, 15) is 14.7 Å². The summed E-state index contributed by atoms with van der Waals surface area (Å²) in [5.41, 5.74) is 1.72. The van der Waals surface area contributed by atoms with Crippen molar-refractivity contribution in [1.82, 2.24) is 4.90 Å². The summed E-state index contributed by atoms with van der Waals surface area (Å²) in [6, 6.07) is 3.52. The Morgan fingerprint density at radius 1 is 1.21 bits per heavy atom. The molecular formula is C14H19NO3S. The van der Waals surface area contributed by atoms with Crippen LogP contribution in [-0.2, 0) is 0 Å². The molecule has 1 amide bonds. The molecule has 0 heterocycles. The SMILES string of the molecule is CSCCN(C)C(=O)c1c(C)ccc(C)c1C(=O)O. The Labute approximate surface area is 117 Å². The first kappa shape index (κ1) is 15.6. The number of carboxylic acids is 1. The molecule has 0 fully saturated rings. The molecule has 1 rings (SSSR count). The minimum Gasteiger partial charge on any atom is -0.478 e. The van der Waals surface area contributed by atoms with Crippen LogP contribution in [0.1, 0.15) is 31.8 Å². The van der Waals surface area contributed by atoms with Crippen molar-refractivity contribution in [2.24, 2.45) is 0 Å². The van der Waals surface area contributed by atoms with E-state index in [4.69, 9.17) is 0 Å². The van der Waals surface area contributed by atoms with Crippen LogP contribution in [0.3, 0.4) is 0 Å². The normalized spacial score (nSPS) is 10.3. The maximum absolute atomic E-state index is 12.4. The lowest BCUT2D eigenvalue weighted by Gasteiger charge is -2.20. The molecule has 104 valence electrons. The van der Waals surface area contributed by atoms with E-state index in [1.165, 1.54) is 0 Å². The molecule has 0 saturated heterocycles. The van der Waals surface area contributed by atoms with Gasteiger partial charge in [-0.25, -0.2) is 4.79 Å². The number of aryl methyl sites for hydroxylation is 2. The Kier molecular flexibility index (Phi) is 5.42. The molecular weight excluding hydrogens is 262 g/mol. The van der Waals surface area contributed by atoms with Gasteiger partial charge in [0, 0.05) is 19.3 Å². The number of carbonyl (C=O) groups is 2. The standard InChI is InChI=1S/C14H19NO3S/c1-9-5-6-10(2)12(14(17)18)11(9)13(16)15(3)7-8-19-4/h5-6H,7-8H2,1-4H3,(H,17,18). The highest BCUT2D eigenvalue weighted by molar-refractivity contribution is 7.98. The largest absolute Gasteiger partial charge is 0.478 e. The zero-order chi connectivity index (χ0) is 14.6. The van der Waals surface area contributed by atoms with Gasteiger partial charge in [-0.05, 0) is 31.2 Å². The molecule has 0 radical (unpaired) electrons. The van der Waals surface area contributed by atoms with E-state index < -0.39 is 5.97 Å². The van der Waals surface area contributed by atoms with Crippen LogP contribution in [0.25, 0.3) is 0 Å². The van der Waals surface area contributed by atoms with Crippen LogP contribution in [0.15, 0.2) is 12.1 Å². The van der Waals surface area contributed by atoms with Crippen LogP contribution < -0.4 is 0 Å². The van der Waals surface area contributed by atoms with Crippen LogP contribution in [0.4, 0.5) is 0 Å². The Bertz CT molecular complexity index is 500. The maximum atomic E-state index is 12.4. The van der Waals surface area contributed by atoms with E-state index in [1.54, 1.807) is 49.7 Å². The van der Waals surface area contributed by atoms with Crippen LogP contribution in [0.2, 0.25) is 0 Å². The Balaban J connectivity index is 3.22. The third-order valence-corrected chi connectivity index (χ3v) is 3.62. The fourth-order valence-corrected chi connectivity index (χ4v) is 2.34. The molecule has 0 atom stereocenters. The number of amides is 1.